The monoisotopic (exact) mass is 241 g/mol. The molecule has 2 unspecified atom stereocenters. The Bertz CT molecular complexity index is 341. The van der Waals surface area contributed by atoms with Crippen molar-refractivity contribution in [3.8, 4) is 5.75 Å². The number of hydrogen-bond acceptors (Lipinski definition) is 2. The van der Waals surface area contributed by atoms with Gasteiger partial charge in [-0.15, -0.1) is 0 Å². The quantitative estimate of drug-likeness (QED) is 0.857. The van der Waals surface area contributed by atoms with Crippen LogP contribution in [0.15, 0.2) is 18.2 Å². The maximum absolute atomic E-state index is 6.11. The van der Waals surface area contributed by atoms with Crippen molar-refractivity contribution in [2.45, 2.75) is 26.2 Å². The minimum atomic E-state index is 0.465. The van der Waals surface area contributed by atoms with Gasteiger partial charge in [-0.2, -0.15) is 0 Å². The van der Waals surface area contributed by atoms with E-state index in [4.69, 9.17) is 22.1 Å². The van der Waals surface area contributed by atoms with E-state index in [0.717, 1.165) is 18.7 Å². The van der Waals surface area contributed by atoms with E-state index < -0.39 is 0 Å². The van der Waals surface area contributed by atoms with Gasteiger partial charge >= 0.3 is 0 Å². The summed E-state index contributed by atoms with van der Waals surface area (Å²) in [4.78, 5) is 0. The van der Waals surface area contributed by atoms with E-state index in [1.807, 2.05) is 12.1 Å². The molecule has 0 aliphatic carbocycles. The van der Waals surface area contributed by atoms with Crippen LogP contribution in [0.3, 0.4) is 0 Å². The van der Waals surface area contributed by atoms with E-state index in [-0.39, 0.29) is 0 Å². The summed E-state index contributed by atoms with van der Waals surface area (Å²) in [5.41, 5.74) is 6.82. The van der Waals surface area contributed by atoms with Gasteiger partial charge in [0.25, 0.3) is 0 Å². The number of halogens is 1. The maximum Gasteiger partial charge on any atom is 0.137 e. The summed E-state index contributed by atoms with van der Waals surface area (Å²) in [7, 11) is 1.63. The zero-order valence-electron chi connectivity index (χ0n) is 10.2. The lowest BCUT2D eigenvalue weighted by Gasteiger charge is -2.20. The van der Waals surface area contributed by atoms with Crippen molar-refractivity contribution >= 4 is 11.6 Å². The summed E-state index contributed by atoms with van der Waals surface area (Å²) >= 11 is 6.11. The van der Waals surface area contributed by atoms with Crippen LogP contribution in [-0.2, 0) is 0 Å². The summed E-state index contributed by atoms with van der Waals surface area (Å²) < 4.78 is 5.14. The van der Waals surface area contributed by atoms with Crippen molar-refractivity contribution in [1.82, 2.24) is 0 Å². The van der Waals surface area contributed by atoms with Crippen molar-refractivity contribution < 1.29 is 4.74 Å². The molecule has 2 nitrogen and oxygen atoms in total. The van der Waals surface area contributed by atoms with Crippen LogP contribution in [0.4, 0.5) is 0 Å². The first-order valence-electron chi connectivity index (χ1n) is 5.63. The molecule has 0 amide bonds. The third-order valence-electron chi connectivity index (χ3n) is 3.18. The van der Waals surface area contributed by atoms with Crippen LogP contribution < -0.4 is 10.5 Å². The molecule has 90 valence electrons. The molecule has 0 spiro atoms. The lowest BCUT2D eigenvalue weighted by Crippen LogP contribution is -2.12. The van der Waals surface area contributed by atoms with Crippen molar-refractivity contribution in [3.63, 3.8) is 0 Å². The predicted molar refractivity (Wildman–Crippen MR) is 69.3 cm³/mol. The first kappa shape index (κ1) is 13.3. The van der Waals surface area contributed by atoms with Crippen LogP contribution >= 0.6 is 11.6 Å². The molecule has 2 N–H and O–H groups in total. The molecular weight excluding hydrogens is 222 g/mol. The van der Waals surface area contributed by atoms with Crippen molar-refractivity contribution in [3.05, 3.63) is 28.8 Å². The van der Waals surface area contributed by atoms with Gasteiger partial charge in [-0.05, 0) is 42.5 Å². The zero-order valence-corrected chi connectivity index (χ0v) is 10.9. The molecular formula is C13H20ClNO. The predicted octanol–water partition coefficient (Wildman–Crippen LogP) is 3.44. The average Bonchev–Trinajstić information content (AvgIpc) is 2.28. The molecule has 0 aromatic heterocycles. The number of hydrogen-bond donors (Lipinski definition) is 1. The molecule has 2 atom stereocenters. The molecule has 0 saturated heterocycles. The second kappa shape index (κ2) is 6.12. The highest BCUT2D eigenvalue weighted by atomic mass is 35.5. The molecule has 3 heteroatoms. The Kier molecular flexibility index (Phi) is 5.10. The Balaban J connectivity index is 2.84. The first-order chi connectivity index (χ1) is 7.60. The van der Waals surface area contributed by atoms with Crippen molar-refractivity contribution in [2.24, 2.45) is 11.7 Å². The first-order valence-corrected chi connectivity index (χ1v) is 6.01. The summed E-state index contributed by atoms with van der Waals surface area (Å²) in [6.45, 7) is 5.16. The number of rotatable bonds is 5. The van der Waals surface area contributed by atoms with E-state index in [0.29, 0.717) is 16.9 Å². The van der Waals surface area contributed by atoms with E-state index in [9.17, 15) is 0 Å². The van der Waals surface area contributed by atoms with Crippen LogP contribution in [0.25, 0.3) is 0 Å². The minimum absolute atomic E-state index is 0.465. The summed E-state index contributed by atoms with van der Waals surface area (Å²) in [6.07, 6.45) is 1.03. The number of methoxy groups -OCH3 is 1. The molecule has 1 aromatic carbocycles. The van der Waals surface area contributed by atoms with E-state index >= 15 is 0 Å². The van der Waals surface area contributed by atoms with Crippen LogP contribution in [0, 0.1) is 5.92 Å². The van der Waals surface area contributed by atoms with Gasteiger partial charge in [-0.25, -0.2) is 0 Å². The summed E-state index contributed by atoms with van der Waals surface area (Å²) in [5.74, 6) is 1.76. The van der Waals surface area contributed by atoms with Crippen LogP contribution in [0.1, 0.15) is 31.7 Å². The van der Waals surface area contributed by atoms with E-state index in [1.165, 1.54) is 5.56 Å². The Morgan fingerprint density at radius 2 is 2.06 bits per heavy atom. The lowest BCUT2D eigenvalue weighted by molar-refractivity contribution is 0.414. The largest absolute Gasteiger partial charge is 0.495 e. The highest BCUT2D eigenvalue weighted by Gasteiger charge is 2.14. The molecule has 0 aliphatic heterocycles. The van der Waals surface area contributed by atoms with Gasteiger partial charge in [-0.3, -0.25) is 0 Å². The van der Waals surface area contributed by atoms with Gasteiger partial charge in [0.2, 0.25) is 0 Å². The zero-order chi connectivity index (χ0) is 12.1. The molecule has 0 bridgehead atoms. The SMILES string of the molecule is COc1ccc(C(C)C(C)CCN)cc1Cl. The molecule has 0 radical (unpaired) electrons. The molecule has 1 rings (SSSR count). The standard InChI is InChI=1S/C13H20ClNO/c1-9(6-7-15)10(2)11-4-5-13(16-3)12(14)8-11/h4-5,8-10H,6-7,15H2,1-3H3. The maximum atomic E-state index is 6.11. The fraction of sp³-hybridized carbons (Fsp3) is 0.538. The topological polar surface area (TPSA) is 35.2 Å². The summed E-state index contributed by atoms with van der Waals surface area (Å²) in [5, 5.41) is 0.673. The third kappa shape index (κ3) is 3.13. The van der Waals surface area contributed by atoms with Gasteiger partial charge in [-0.1, -0.05) is 31.5 Å². The molecule has 1 aromatic rings. The fourth-order valence-electron chi connectivity index (χ4n) is 1.81. The van der Waals surface area contributed by atoms with E-state index in [1.54, 1.807) is 7.11 Å². The van der Waals surface area contributed by atoms with E-state index in [2.05, 4.69) is 19.9 Å². The smallest absolute Gasteiger partial charge is 0.137 e. The molecule has 0 fully saturated rings. The Morgan fingerprint density at radius 3 is 2.56 bits per heavy atom. The van der Waals surface area contributed by atoms with Crippen LogP contribution in [0.5, 0.6) is 5.75 Å². The highest BCUT2D eigenvalue weighted by molar-refractivity contribution is 6.32. The lowest BCUT2D eigenvalue weighted by atomic mass is 9.87. The number of ether oxygens (including phenoxy) is 1. The molecule has 16 heavy (non-hydrogen) atoms. The normalized spacial score (nSPS) is 14.6. The van der Waals surface area contributed by atoms with Crippen LogP contribution in [0.2, 0.25) is 5.02 Å². The summed E-state index contributed by atoms with van der Waals surface area (Å²) in [6, 6.07) is 5.98. The molecule has 0 aliphatic rings. The number of nitrogens with two attached hydrogens (primary N) is 1. The van der Waals surface area contributed by atoms with Crippen LogP contribution in [-0.4, -0.2) is 13.7 Å². The fourth-order valence-corrected chi connectivity index (χ4v) is 2.07. The minimum Gasteiger partial charge on any atom is -0.495 e. The molecule has 0 saturated carbocycles. The van der Waals surface area contributed by atoms with Gasteiger partial charge in [0.1, 0.15) is 5.75 Å². The van der Waals surface area contributed by atoms with Gasteiger partial charge in [0.05, 0.1) is 12.1 Å². The van der Waals surface area contributed by atoms with Crippen molar-refractivity contribution in [2.75, 3.05) is 13.7 Å². The average molecular weight is 242 g/mol. The highest BCUT2D eigenvalue weighted by Crippen LogP contribution is 2.32. The van der Waals surface area contributed by atoms with Crippen molar-refractivity contribution in [1.29, 1.82) is 0 Å². The van der Waals surface area contributed by atoms with Gasteiger partial charge in [0.15, 0.2) is 0 Å². The Labute approximate surface area is 103 Å². The molecule has 0 heterocycles. The Hall–Kier alpha value is -0.730. The third-order valence-corrected chi connectivity index (χ3v) is 3.47. The Morgan fingerprint density at radius 1 is 1.38 bits per heavy atom. The second-order valence-corrected chi connectivity index (χ2v) is 4.64. The van der Waals surface area contributed by atoms with Gasteiger partial charge in [0, 0.05) is 0 Å². The number of benzene rings is 1. The second-order valence-electron chi connectivity index (χ2n) is 4.24. The van der Waals surface area contributed by atoms with Gasteiger partial charge < -0.3 is 10.5 Å².